The fraction of sp³-hybridized carbons (Fsp3) is 0.474. The van der Waals surface area contributed by atoms with E-state index in [0.29, 0.717) is 6.04 Å². The third-order valence-corrected chi connectivity index (χ3v) is 5.23. The highest BCUT2D eigenvalue weighted by Crippen LogP contribution is 2.19. The van der Waals surface area contributed by atoms with Crippen LogP contribution in [0.15, 0.2) is 41.5 Å². The molecule has 1 aromatic heterocycles. The van der Waals surface area contributed by atoms with Gasteiger partial charge >= 0.3 is 0 Å². The minimum absolute atomic E-state index is 0. The Kier molecular flexibility index (Phi) is 8.64. The number of hydrogen-bond acceptors (Lipinski definition) is 4. The first kappa shape index (κ1) is 21.0. The molecule has 2 heterocycles. The third-order valence-electron chi connectivity index (χ3n) is 4.26. The van der Waals surface area contributed by atoms with E-state index in [1.54, 1.807) is 11.3 Å². The molecule has 0 amide bonds. The van der Waals surface area contributed by atoms with Crippen LogP contribution in [0.5, 0.6) is 0 Å². The highest BCUT2D eigenvalue weighted by Gasteiger charge is 2.23. The molecule has 1 unspecified atom stereocenters. The van der Waals surface area contributed by atoms with E-state index in [-0.39, 0.29) is 24.0 Å². The van der Waals surface area contributed by atoms with Crippen molar-refractivity contribution in [3.63, 3.8) is 0 Å². The number of nitrogens with one attached hydrogen (secondary N) is 2. The van der Waals surface area contributed by atoms with Gasteiger partial charge in [0.25, 0.3) is 0 Å². The summed E-state index contributed by atoms with van der Waals surface area (Å²) in [6.45, 7) is 7.93. The summed E-state index contributed by atoms with van der Waals surface area (Å²) in [5, 5.41) is 8.11. The number of rotatable bonds is 6. The maximum atomic E-state index is 4.72. The van der Waals surface area contributed by atoms with Crippen molar-refractivity contribution in [2.75, 3.05) is 31.1 Å². The molecule has 1 aliphatic rings. The first-order chi connectivity index (χ1) is 12.2. The van der Waals surface area contributed by atoms with E-state index in [0.717, 1.165) is 50.0 Å². The Morgan fingerprint density at radius 2 is 2.15 bits per heavy atom. The maximum absolute atomic E-state index is 4.72. The predicted octanol–water partition coefficient (Wildman–Crippen LogP) is 3.45. The zero-order valence-corrected chi connectivity index (χ0v) is 18.6. The van der Waals surface area contributed by atoms with Crippen molar-refractivity contribution in [1.29, 1.82) is 0 Å². The van der Waals surface area contributed by atoms with Crippen molar-refractivity contribution in [3.05, 3.63) is 46.4 Å². The highest BCUT2D eigenvalue weighted by molar-refractivity contribution is 14.0. The van der Waals surface area contributed by atoms with Crippen LogP contribution < -0.4 is 15.5 Å². The lowest BCUT2D eigenvalue weighted by atomic mass is 10.3. The molecule has 26 heavy (non-hydrogen) atoms. The number of thiazole rings is 1. The van der Waals surface area contributed by atoms with Crippen molar-refractivity contribution in [2.24, 2.45) is 4.99 Å². The lowest BCUT2D eigenvalue weighted by molar-refractivity contribution is 0.649. The van der Waals surface area contributed by atoms with Crippen LogP contribution in [0.3, 0.4) is 0 Å². The van der Waals surface area contributed by atoms with Crippen LogP contribution in [0.1, 0.15) is 23.2 Å². The Morgan fingerprint density at radius 3 is 2.85 bits per heavy atom. The Hall–Kier alpha value is -1.35. The lowest BCUT2D eigenvalue weighted by Crippen LogP contribution is -2.44. The van der Waals surface area contributed by atoms with Gasteiger partial charge in [-0.15, -0.1) is 35.3 Å². The molecule has 2 N–H and O–H groups in total. The van der Waals surface area contributed by atoms with Crippen molar-refractivity contribution in [1.82, 2.24) is 15.6 Å². The fourth-order valence-electron chi connectivity index (χ4n) is 3.05. The Morgan fingerprint density at radius 1 is 1.35 bits per heavy atom. The Labute approximate surface area is 177 Å². The second-order valence-electron chi connectivity index (χ2n) is 6.29. The number of hydrogen-bond donors (Lipinski definition) is 2. The van der Waals surface area contributed by atoms with Crippen LogP contribution in [-0.2, 0) is 6.42 Å². The number of aryl methyl sites for hydroxylation is 1. The largest absolute Gasteiger partial charge is 0.369 e. The molecule has 1 atom stereocenters. The van der Waals surface area contributed by atoms with Gasteiger partial charge in [-0.25, -0.2) is 4.98 Å². The van der Waals surface area contributed by atoms with E-state index in [1.165, 1.54) is 10.6 Å². The van der Waals surface area contributed by atoms with Gasteiger partial charge < -0.3 is 15.5 Å². The number of para-hydroxylation sites is 1. The number of benzene rings is 1. The number of aromatic nitrogens is 1. The highest BCUT2D eigenvalue weighted by atomic mass is 127. The van der Waals surface area contributed by atoms with Gasteiger partial charge in [0.05, 0.1) is 5.01 Å². The molecule has 0 bridgehead atoms. The van der Waals surface area contributed by atoms with E-state index in [9.17, 15) is 0 Å². The minimum Gasteiger partial charge on any atom is -0.369 e. The molecule has 2 aromatic rings. The quantitative estimate of drug-likeness (QED) is 0.374. The molecular weight excluding hydrogens is 457 g/mol. The summed E-state index contributed by atoms with van der Waals surface area (Å²) in [5.74, 6) is 0.913. The Bertz CT molecular complexity index is 688. The second kappa shape index (κ2) is 10.7. The van der Waals surface area contributed by atoms with Gasteiger partial charge in [-0.3, -0.25) is 4.99 Å². The summed E-state index contributed by atoms with van der Waals surface area (Å²) in [6, 6.07) is 11.1. The number of anilines is 1. The number of guanidine groups is 1. The Balaban J connectivity index is 0.00000243. The fourth-order valence-corrected chi connectivity index (χ4v) is 3.82. The van der Waals surface area contributed by atoms with Crippen molar-refractivity contribution in [2.45, 2.75) is 32.7 Å². The van der Waals surface area contributed by atoms with E-state index in [2.05, 4.69) is 64.7 Å². The first-order valence-corrected chi connectivity index (χ1v) is 9.82. The normalized spacial score (nSPS) is 17.1. The van der Waals surface area contributed by atoms with Crippen LogP contribution in [0, 0.1) is 6.92 Å². The molecule has 1 saturated heterocycles. The SMILES string of the molecule is CCNC(=NCCc1ncc(C)s1)NC1CCN(c2ccccc2)C1.I. The van der Waals surface area contributed by atoms with Gasteiger partial charge in [-0.05, 0) is 32.4 Å². The summed E-state index contributed by atoms with van der Waals surface area (Å²) in [5.41, 5.74) is 1.30. The zero-order chi connectivity index (χ0) is 17.5. The van der Waals surface area contributed by atoms with Gasteiger partial charge in [0.2, 0.25) is 0 Å². The second-order valence-corrected chi connectivity index (χ2v) is 7.61. The van der Waals surface area contributed by atoms with Crippen molar-refractivity contribution in [3.8, 4) is 0 Å². The minimum atomic E-state index is 0. The van der Waals surface area contributed by atoms with Gasteiger partial charge in [-0.1, -0.05) is 18.2 Å². The molecule has 0 spiro atoms. The van der Waals surface area contributed by atoms with E-state index in [4.69, 9.17) is 4.99 Å². The molecule has 0 radical (unpaired) electrons. The summed E-state index contributed by atoms with van der Waals surface area (Å²) >= 11 is 1.76. The van der Waals surface area contributed by atoms with Crippen LogP contribution in [0.4, 0.5) is 5.69 Å². The summed E-state index contributed by atoms with van der Waals surface area (Å²) in [6.07, 6.45) is 3.96. The molecular formula is C19H28IN5S. The molecule has 5 nitrogen and oxygen atoms in total. The predicted molar refractivity (Wildman–Crippen MR) is 122 cm³/mol. The first-order valence-electron chi connectivity index (χ1n) is 9.00. The van der Waals surface area contributed by atoms with Crippen LogP contribution >= 0.6 is 35.3 Å². The van der Waals surface area contributed by atoms with E-state index < -0.39 is 0 Å². The summed E-state index contributed by atoms with van der Waals surface area (Å²) in [7, 11) is 0. The third kappa shape index (κ3) is 6.12. The zero-order valence-electron chi connectivity index (χ0n) is 15.4. The lowest BCUT2D eigenvalue weighted by Gasteiger charge is -2.20. The molecule has 142 valence electrons. The van der Waals surface area contributed by atoms with Gasteiger partial charge in [-0.2, -0.15) is 0 Å². The molecule has 0 aliphatic carbocycles. The van der Waals surface area contributed by atoms with Crippen molar-refractivity contribution >= 4 is 47.0 Å². The van der Waals surface area contributed by atoms with Gasteiger partial charge in [0.15, 0.2) is 5.96 Å². The molecule has 7 heteroatoms. The molecule has 1 aromatic carbocycles. The van der Waals surface area contributed by atoms with Crippen molar-refractivity contribution < 1.29 is 0 Å². The average molecular weight is 485 g/mol. The van der Waals surface area contributed by atoms with Crippen LogP contribution in [-0.4, -0.2) is 43.2 Å². The smallest absolute Gasteiger partial charge is 0.191 e. The number of nitrogens with zero attached hydrogens (tertiary/aromatic N) is 3. The molecule has 1 fully saturated rings. The topological polar surface area (TPSA) is 52.6 Å². The monoisotopic (exact) mass is 485 g/mol. The summed E-state index contributed by atoms with van der Waals surface area (Å²) < 4.78 is 0. The molecule has 3 rings (SSSR count). The van der Waals surface area contributed by atoms with Crippen LogP contribution in [0.25, 0.3) is 0 Å². The summed E-state index contributed by atoms with van der Waals surface area (Å²) in [4.78, 5) is 12.8. The van der Waals surface area contributed by atoms with E-state index >= 15 is 0 Å². The number of halogens is 1. The van der Waals surface area contributed by atoms with E-state index in [1.807, 2.05) is 6.20 Å². The number of aliphatic imine (C=N–C) groups is 1. The van der Waals surface area contributed by atoms with Gasteiger partial charge in [0, 0.05) is 55.4 Å². The molecule has 1 aliphatic heterocycles. The average Bonchev–Trinajstić information content (AvgIpc) is 3.25. The maximum Gasteiger partial charge on any atom is 0.191 e. The molecule has 0 saturated carbocycles. The standard InChI is InChI=1S/C19H27N5S.HI/c1-3-20-19(21-11-9-18-22-13-15(2)25-18)23-16-10-12-24(14-16)17-7-5-4-6-8-17;/h4-8,13,16H,3,9-12,14H2,1-2H3,(H2,20,21,23);1H. The van der Waals surface area contributed by atoms with Crippen LogP contribution in [0.2, 0.25) is 0 Å². The van der Waals surface area contributed by atoms with Gasteiger partial charge in [0.1, 0.15) is 0 Å².